The van der Waals surface area contributed by atoms with E-state index >= 15 is 0 Å². The first-order valence-electron chi connectivity index (χ1n) is 15.2. The van der Waals surface area contributed by atoms with Gasteiger partial charge < -0.3 is 14.2 Å². The number of esters is 1. The van der Waals surface area contributed by atoms with Crippen molar-refractivity contribution in [1.29, 1.82) is 0 Å². The van der Waals surface area contributed by atoms with Crippen molar-refractivity contribution in [3.63, 3.8) is 0 Å². The van der Waals surface area contributed by atoms with Gasteiger partial charge in [0.2, 0.25) is 0 Å². The second-order valence-corrected chi connectivity index (χ2v) is 11.9. The Labute approximate surface area is 276 Å². The molecular formula is C37H34N4O5S. The van der Waals surface area contributed by atoms with E-state index in [9.17, 15) is 9.59 Å². The summed E-state index contributed by atoms with van der Waals surface area (Å²) in [5.41, 5.74) is 5.45. The molecule has 1 unspecified atom stereocenters. The lowest BCUT2D eigenvalue weighted by molar-refractivity contribution is -0.139. The van der Waals surface area contributed by atoms with Crippen molar-refractivity contribution in [3.05, 3.63) is 139 Å². The maximum Gasteiger partial charge on any atom is 0.338 e. The smallest absolute Gasteiger partial charge is 0.338 e. The Hall–Kier alpha value is -5.48. The first-order valence-corrected chi connectivity index (χ1v) is 16.0. The molecule has 0 bridgehead atoms. The van der Waals surface area contributed by atoms with Gasteiger partial charge in [-0.25, -0.2) is 14.5 Å². The van der Waals surface area contributed by atoms with Crippen LogP contribution < -0.4 is 24.4 Å². The topological polar surface area (TPSA) is 96.9 Å². The van der Waals surface area contributed by atoms with Crippen molar-refractivity contribution in [3.8, 4) is 28.4 Å². The number of ether oxygens (including phenoxy) is 3. The minimum atomic E-state index is -0.726. The molecule has 0 amide bonds. The summed E-state index contributed by atoms with van der Waals surface area (Å²) in [5, 5.41) is 4.96. The van der Waals surface area contributed by atoms with Crippen LogP contribution in [0, 0.1) is 6.92 Å². The predicted molar refractivity (Wildman–Crippen MR) is 183 cm³/mol. The van der Waals surface area contributed by atoms with Crippen molar-refractivity contribution in [2.45, 2.75) is 26.8 Å². The lowest BCUT2D eigenvalue weighted by Crippen LogP contribution is -2.39. The molecule has 0 fully saturated rings. The van der Waals surface area contributed by atoms with E-state index in [1.54, 1.807) is 36.3 Å². The monoisotopic (exact) mass is 646 g/mol. The molecular weight excluding hydrogens is 612 g/mol. The Morgan fingerprint density at radius 1 is 1.06 bits per heavy atom. The Bertz CT molecular complexity index is 2180. The normalized spacial score (nSPS) is 14.4. The van der Waals surface area contributed by atoms with Crippen LogP contribution >= 0.6 is 11.3 Å². The Morgan fingerprint density at radius 2 is 1.83 bits per heavy atom. The molecule has 6 rings (SSSR count). The average Bonchev–Trinajstić information content (AvgIpc) is 3.64. The van der Waals surface area contributed by atoms with Gasteiger partial charge in [-0.1, -0.05) is 54.3 Å². The molecule has 2 aromatic heterocycles. The van der Waals surface area contributed by atoms with Gasteiger partial charge in [0.1, 0.15) is 23.8 Å². The summed E-state index contributed by atoms with van der Waals surface area (Å²) < 4.78 is 20.4. The second kappa shape index (κ2) is 13.5. The quantitative estimate of drug-likeness (QED) is 0.146. The third kappa shape index (κ3) is 6.19. The number of para-hydroxylation sites is 1. The first kappa shape index (κ1) is 31.5. The number of methoxy groups -OCH3 is 1. The highest BCUT2D eigenvalue weighted by molar-refractivity contribution is 7.07. The van der Waals surface area contributed by atoms with Crippen LogP contribution in [-0.2, 0) is 9.53 Å². The van der Waals surface area contributed by atoms with Crippen molar-refractivity contribution >= 4 is 23.4 Å². The van der Waals surface area contributed by atoms with Gasteiger partial charge in [0.25, 0.3) is 5.56 Å². The number of hydrogen-bond donors (Lipinski definition) is 0. The average molecular weight is 647 g/mol. The first-order chi connectivity index (χ1) is 22.8. The molecule has 0 spiro atoms. The highest BCUT2D eigenvalue weighted by Crippen LogP contribution is 2.32. The molecule has 0 saturated heterocycles. The zero-order valence-electron chi connectivity index (χ0n) is 26.6. The summed E-state index contributed by atoms with van der Waals surface area (Å²) in [6.45, 7) is 9.84. The van der Waals surface area contributed by atoms with E-state index in [1.807, 2.05) is 92.0 Å². The maximum atomic E-state index is 14.3. The zero-order valence-corrected chi connectivity index (χ0v) is 27.4. The van der Waals surface area contributed by atoms with Gasteiger partial charge in [0, 0.05) is 17.3 Å². The molecule has 3 aromatic carbocycles. The van der Waals surface area contributed by atoms with Gasteiger partial charge in [-0.2, -0.15) is 5.10 Å². The fourth-order valence-electron chi connectivity index (χ4n) is 5.57. The standard InChI is InChI=1S/C37H34N4O5S/c1-6-19-46-30-18-15-26(20-23(30)3)33-27(22-40(39-33)28-11-9-8-10-12-28)21-31-35(42)41-34(25-13-16-29(44-5)17-14-25)32(36(43)45-7-2)24(4)38-37(41)47-31/h6,8-18,20-22,34H,1,7,19H2,2-5H3/b31-21+. The van der Waals surface area contributed by atoms with Crippen LogP contribution in [0.3, 0.4) is 0 Å². The number of allylic oxidation sites excluding steroid dienone is 1. The molecule has 47 heavy (non-hydrogen) atoms. The third-order valence-electron chi connectivity index (χ3n) is 7.80. The molecule has 9 nitrogen and oxygen atoms in total. The van der Waals surface area contributed by atoms with Crippen LogP contribution in [0.2, 0.25) is 0 Å². The lowest BCUT2D eigenvalue weighted by Gasteiger charge is -2.24. The van der Waals surface area contributed by atoms with Crippen molar-refractivity contribution in [1.82, 2.24) is 14.3 Å². The van der Waals surface area contributed by atoms with Crippen LogP contribution in [0.15, 0.2) is 113 Å². The molecule has 0 aliphatic carbocycles. The molecule has 1 atom stereocenters. The van der Waals surface area contributed by atoms with E-state index in [0.29, 0.717) is 38.7 Å². The zero-order chi connectivity index (χ0) is 33.1. The number of carbonyl (C=O) groups excluding carboxylic acids is 1. The second-order valence-electron chi connectivity index (χ2n) is 10.9. The van der Waals surface area contributed by atoms with E-state index in [4.69, 9.17) is 24.3 Å². The number of carbonyl (C=O) groups is 1. The van der Waals surface area contributed by atoms with E-state index in [2.05, 4.69) is 6.58 Å². The summed E-state index contributed by atoms with van der Waals surface area (Å²) >= 11 is 1.27. The third-order valence-corrected chi connectivity index (χ3v) is 8.79. The molecule has 3 heterocycles. The van der Waals surface area contributed by atoms with Gasteiger partial charge in [-0.05, 0) is 80.4 Å². The molecule has 0 radical (unpaired) electrons. The fourth-order valence-corrected chi connectivity index (χ4v) is 6.61. The molecule has 1 aliphatic rings. The van der Waals surface area contributed by atoms with E-state index < -0.39 is 12.0 Å². The van der Waals surface area contributed by atoms with Crippen LogP contribution in [0.4, 0.5) is 0 Å². The van der Waals surface area contributed by atoms with Crippen LogP contribution in [0.5, 0.6) is 11.5 Å². The fraction of sp³-hybridized carbons (Fsp3) is 0.189. The van der Waals surface area contributed by atoms with Gasteiger partial charge in [0.05, 0.1) is 41.2 Å². The Morgan fingerprint density at radius 3 is 2.51 bits per heavy atom. The Kier molecular flexibility index (Phi) is 9.03. The molecule has 0 N–H and O–H groups in total. The van der Waals surface area contributed by atoms with Crippen molar-refractivity contribution in [2.24, 2.45) is 4.99 Å². The summed E-state index contributed by atoms with van der Waals surface area (Å²) in [4.78, 5) is 32.8. The largest absolute Gasteiger partial charge is 0.497 e. The molecule has 1 aliphatic heterocycles. The number of hydrogen-bond acceptors (Lipinski definition) is 8. The minimum Gasteiger partial charge on any atom is -0.497 e. The van der Waals surface area contributed by atoms with Gasteiger partial charge in [-0.3, -0.25) is 9.36 Å². The summed E-state index contributed by atoms with van der Waals surface area (Å²) in [7, 11) is 1.59. The van der Waals surface area contributed by atoms with Gasteiger partial charge in [-0.15, -0.1) is 0 Å². The number of rotatable bonds is 10. The minimum absolute atomic E-state index is 0.199. The summed E-state index contributed by atoms with van der Waals surface area (Å²) in [5.74, 6) is 0.918. The molecule has 238 valence electrons. The van der Waals surface area contributed by atoms with Crippen LogP contribution in [0.25, 0.3) is 23.0 Å². The number of aromatic nitrogens is 3. The molecule has 10 heteroatoms. The van der Waals surface area contributed by atoms with Gasteiger partial charge in [0.15, 0.2) is 4.80 Å². The van der Waals surface area contributed by atoms with Crippen molar-refractivity contribution in [2.75, 3.05) is 20.3 Å². The van der Waals surface area contributed by atoms with E-state index in [-0.39, 0.29) is 12.2 Å². The Balaban J connectivity index is 1.53. The maximum absolute atomic E-state index is 14.3. The number of nitrogens with zero attached hydrogens (tertiary/aromatic N) is 4. The molecule has 0 saturated carbocycles. The highest BCUT2D eigenvalue weighted by Gasteiger charge is 2.33. The van der Waals surface area contributed by atoms with Crippen molar-refractivity contribution < 1.29 is 19.0 Å². The van der Waals surface area contributed by atoms with E-state index in [1.165, 1.54) is 11.3 Å². The SMILES string of the molecule is C=CCOc1ccc(-c2nn(-c3ccccc3)cc2/C=c2/sc3n(c2=O)C(c2ccc(OC)cc2)C(C(=O)OCC)=C(C)N=3)cc1C. The lowest BCUT2D eigenvalue weighted by atomic mass is 9.96. The highest BCUT2D eigenvalue weighted by atomic mass is 32.1. The van der Waals surface area contributed by atoms with E-state index in [0.717, 1.165) is 33.7 Å². The van der Waals surface area contributed by atoms with Crippen LogP contribution in [-0.4, -0.2) is 40.6 Å². The number of thiazole rings is 1. The number of fused-ring (bicyclic) bond motifs is 1. The predicted octanol–water partition coefficient (Wildman–Crippen LogP) is 5.53. The summed E-state index contributed by atoms with van der Waals surface area (Å²) in [6, 6.07) is 22.3. The number of benzene rings is 3. The summed E-state index contributed by atoms with van der Waals surface area (Å²) in [6.07, 6.45) is 5.47. The van der Waals surface area contributed by atoms with Crippen LogP contribution in [0.1, 0.15) is 36.6 Å². The number of aryl methyl sites for hydroxylation is 1. The molecule has 5 aromatic rings. The van der Waals surface area contributed by atoms with Gasteiger partial charge >= 0.3 is 5.97 Å².